The number of benzene rings is 2. The van der Waals surface area contributed by atoms with Crippen LogP contribution in [0, 0.1) is 0 Å². The number of morpholine rings is 1. The lowest BCUT2D eigenvalue weighted by molar-refractivity contribution is -0.135. The van der Waals surface area contributed by atoms with Crippen LogP contribution >= 0.6 is 0 Å². The number of fused-ring (bicyclic) bond motifs is 2. The van der Waals surface area contributed by atoms with Crippen molar-refractivity contribution >= 4 is 22.7 Å². The Bertz CT molecular complexity index is 1070. The molecule has 1 fully saturated rings. The number of carbonyl (C=O) groups excluding carboxylic acids is 2. The minimum Gasteiger partial charge on any atom is -0.378 e. The summed E-state index contributed by atoms with van der Waals surface area (Å²) in [6, 6.07) is 15.7. The van der Waals surface area contributed by atoms with Crippen molar-refractivity contribution in [2.45, 2.75) is 12.5 Å². The number of hydrogen-bond donors (Lipinski definition) is 1. The first kappa shape index (κ1) is 17.9. The van der Waals surface area contributed by atoms with E-state index in [9.17, 15) is 9.59 Å². The zero-order valence-corrected chi connectivity index (χ0v) is 16.1. The van der Waals surface area contributed by atoms with E-state index >= 15 is 0 Å². The number of H-pyrrole nitrogens is 1. The molecule has 2 aliphatic rings. The molecule has 0 spiro atoms. The summed E-state index contributed by atoms with van der Waals surface area (Å²) >= 11 is 0. The lowest BCUT2D eigenvalue weighted by Gasteiger charge is -2.29. The zero-order chi connectivity index (χ0) is 19.8. The highest BCUT2D eigenvalue weighted by molar-refractivity contribution is 6.01. The Morgan fingerprint density at radius 1 is 1.03 bits per heavy atom. The fourth-order valence-corrected chi connectivity index (χ4v) is 4.44. The molecule has 1 saturated heterocycles. The lowest BCUT2D eigenvalue weighted by Crippen LogP contribution is -2.42. The fourth-order valence-electron chi connectivity index (χ4n) is 4.44. The number of nitrogens with zero attached hydrogens (tertiary/aromatic N) is 2. The van der Waals surface area contributed by atoms with E-state index in [4.69, 9.17) is 4.74 Å². The molecule has 5 rings (SSSR count). The normalized spacial score (nSPS) is 19.0. The van der Waals surface area contributed by atoms with E-state index in [0.717, 1.165) is 27.6 Å². The third kappa shape index (κ3) is 3.09. The second-order valence-electron chi connectivity index (χ2n) is 7.52. The van der Waals surface area contributed by atoms with Crippen LogP contribution in [0.5, 0.6) is 0 Å². The average molecular weight is 389 g/mol. The van der Waals surface area contributed by atoms with Gasteiger partial charge in [0.15, 0.2) is 0 Å². The zero-order valence-electron chi connectivity index (χ0n) is 16.1. The maximum absolute atomic E-state index is 13.2. The molecule has 2 amide bonds. The van der Waals surface area contributed by atoms with Gasteiger partial charge in [-0.2, -0.15) is 0 Å². The molecule has 2 aromatic carbocycles. The Kier molecular flexibility index (Phi) is 4.56. The highest BCUT2D eigenvalue weighted by Crippen LogP contribution is 2.41. The number of hydrogen-bond acceptors (Lipinski definition) is 3. The van der Waals surface area contributed by atoms with Crippen molar-refractivity contribution in [3.63, 3.8) is 0 Å². The molecular weight excluding hydrogens is 366 g/mol. The van der Waals surface area contributed by atoms with Crippen LogP contribution in [0.2, 0.25) is 0 Å². The average Bonchev–Trinajstić information content (AvgIpc) is 3.31. The van der Waals surface area contributed by atoms with Gasteiger partial charge in [0.1, 0.15) is 0 Å². The summed E-state index contributed by atoms with van der Waals surface area (Å²) in [7, 11) is 0. The molecule has 6 nitrogen and oxygen atoms in total. The molecule has 0 bridgehead atoms. The van der Waals surface area contributed by atoms with Gasteiger partial charge in [-0.15, -0.1) is 0 Å². The molecule has 29 heavy (non-hydrogen) atoms. The van der Waals surface area contributed by atoms with Crippen LogP contribution in [0.25, 0.3) is 10.9 Å². The van der Waals surface area contributed by atoms with E-state index in [2.05, 4.69) is 11.1 Å². The number of aromatic amines is 1. The maximum atomic E-state index is 13.2. The molecule has 3 aromatic rings. The second-order valence-corrected chi connectivity index (χ2v) is 7.52. The SMILES string of the molecule is O=C(CCN1C(=O)c2ccccc2C1c1c[nH]c2ccccc12)N1CCOCC1. The number of rotatable bonds is 4. The molecule has 1 unspecified atom stereocenters. The molecule has 0 saturated carbocycles. The van der Waals surface area contributed by atoms with E-state index in [1.54, 1.807) is 0 Å². The van der Waals surface area contributed by atoms with Crippen LogP contribution in [0.15, 0.2) is 54.7 Å². The lowest BCUT2D eigenvalue weighted by atomic mass is 9.97. The molecule has 1 atom stereocenters. The number of amides is 2. The molecule has 1 aromatic heterocycles. The summed E-state index contributed by atoms with van der Waals surface area (Å²) in [6.07, 6.45) is 2.31. The first-order valence-electron chi connectivity index (χ1n) is 10.1. The third-order valence-corrected chi connectivity index (χ3v) is 5.90. The van der Waals surface area contributed by atoms with Crippen molar-refractivity contribution in [3.05, 3.63) is 71.4 Å². The van der Waals surface area contributed by atoms with Crippen molar-refractivity contribution in [2.75, 3.05) is 32.8 Å². The number of ether oxygens (including phenoxy) is 1. The van der Waals surface area contributed by atoms with Crippen LogP contribution in [0.1, 0.15) is 33.9 Å². The molecule has 0 aliphatic carbocycles. The van der Waals surface area contributed by atoms with Gasteiger partial charge in [0.2, 0.25) is 5.91 Å². The van der Waals surface area contributed by atoms with Gasteiger partial charge in [0, 0.05) is 54.3 Å². The molecule has 6 heteroatoms. The first-order chi connectivity index (χ1) is 14.2. The van der Waals surface area contributed by atoms with Crippen LogP contribution in [-0.2, 0) is 9.53 Å². The molecule has 2 aliphatic heterocycles. The number of aromatic nitrogens is 1. The van der Waals surface area contributed by atoms with E-state index < -0.39 is 0 Å². The maximum Gasteiger partial charge on any atom is 0.255 e. The monoisotopic (exact) mass is 389 g/mol. The Labute approximate surface area is 169 Å². The fraction of sp³-hybridized carbons (Fsp3) is 0.304. The predicted octanol–water partition coefficient (Wildman–Crippen LogP) is 2.96. The summed E-state index contributed by atoms with van der Waals surface area (Å²) in [5.74, 6) is 0.0698. The topological polar surface area (TPSA) is 65.6 Å². The van der Waals surface area contributed by atoms with Crippen LogP contribution in [0.4, 0.5) is 0 Å². The van der Waals surface area contributed by atoms with Crippen molar-refractivity contribution in [3.8, 4) is 0 Å². The summed E-state index contributed by atoms with van der Waals surface area (Å²) < 4.78 is 5.33. The molecule has 1 N–H and O–H groups in total. The smallest absolute Gasteiger partial charge is 0.255 e. The van der Waals surface area contributed by atoms with Gasteiger partial charge in [-0.1, -0.05) is 36.4 Å². The van der Waals surface area contributed by atoms with Crippen molar-refractivity contribution in [1.82, 2.24) is 14.8 Å². The minimum atomic E-state index is -0.188. The number of carbonyl (C=O) groups is 2. The van der Waals surface area contributed by atoms with Gasteiger partial charge in [0.05, 0.1) is 19.3 Å². The van der Waals surface area contributed by atoms with Crippen molar-refractivity contribution in [1.29, 1.82) is 0 Å². The minimum absolute atomic E-state index is 0.00865. The Balaban J connectivity index is 1.46. The van der Waals surface area contributed by atoms with Gasteiger partial charge in [0.25, 0.3) is 5.91 Å². The number of para-hydroxylation sites is 1. The van der Waals surface area contributed by atoms with Crippen molar-refractivity contribution in [2.24, 2.45) is 0 Å². The Morgan fingerprint density at radius 2 is 1.79 bits per heavy atom. The highest BCUT2D eigenvalue weighted by Gasteiger charge is 2.38. The largest absolute Gasteiger partial charge is 0.378 e. The Hall–Kier alpha value is -3.12. The molecule has 0 radical (unpaired) electrons. The van der Waals surface area contributed by atoms with Gasteiger partial charge in [-0.05, 0) is 17.7 Å². The van der Waals surface area contributed by atoms with E-state index in [1.165, 1.54) is 0 Å². The van der Waals surface area contributed by atoms with Gasteiger partial charge >= 0.3 is 0 Å². The first-order valence-corrected chi connectivity index (χ1v) is 10.1. The molecule has 3 heterocycles. The summed E-state index contributed by atoms with van der Waals surface area (Å²) in [4.78, 5) is 32.9. The summed E-state index contributed by atoms with van der Waals surface area (Å²) in [5.41, 5.74) is 3.84. The second kappa shape index (κ2) is 7.37. The van der Waals surface area contributed by atoms with Gasteiger partial charge in [-0.3, -0.25) is 9.59 Å². The molecule has 148 valence electrons. The van der Waals surface area contributed by atoms with Gasteiger partial charge in [-0.25, -0.2) is 0 Å². The summed E-state index contributed by atoms with van der Waals surface area (Å²) in [5, 5.41) is 1.10. The summed E-state index contributed by atoms with van der Waals surface area (Å²) in [6.45, 7) is 2.81. The van der Waals surface area contributed by atoms with E-state index in [1.807, 2.05) is 58.5 Å². The quantitative estimate of drug-likeness (QED) is 0.746. The van der Waals surface area contributed by atoms with Crippen LogP contribution in [0.3, 0.4) is 0 Å². The molecular formula is C23H23N3O3. The van der Waals surface area contributed by atoms with Gasteiger partial charge < -0.3 is 19.5 Å². The standard InChI is InChI=1S/C23H23N3O3/c27-21(25-11-13-29-14-12-25)9-10-26-22(17-6-1-2-7-18(17)23(26)28)19-15-24-20-8-4-3-5-16(19)20/h1-8,15,22,24H,9-14H2. The van der Waals surface area contributed by atoms with Crippen LogP contribution in [-0.4, -0.2) is 59.4 Å². The predicted molar refractivity (Wildman–Crippen MR) is 110 cm³/mol. The number of nitrogens with one attached hydrogen (secondary N) is 1. The van der Waals surface area contributed by atoms with E-state index in [0.29, 0.717) is 39.3 Å². The third-order valence-electron chi connectivity index (χ3n) is 5.90. The van der Waals surface area contributed by atoms with Crippen LogP contribution < -0.4 is 0 Å². The highest BCUT2D eigenvalue weighted by atomic mass is 16.5. The van der Waals surface area contributed by atoms with E-state index in [-0.39, 0.29) is 17.9 Å². The Morgan fingerprint density at radius 3 is 2.66 bits per heavy atom. The van der Waals surface area contributed by atoms with Crippen molar-refractivity contribution < 1.29 is 14.3 Å².